The first-order valence-electron chi connectivity index (χ1n) is 9.79. The lowest BCUT2D eigenvalue weighted by molar-refractivity contribution is 0.0469. The van der Waals surface area contributed by atoms with Crippen molar-refractivity contribution in [2.45, 2.75) is 39.4 Å². The molecule has 3 rings (SSSR count). The second kappa shape index (κ2) is 9.77. The van der Waals surface area contributed by atoms with Crippen molar-refractivity contribution in [2.24, 2.45) is 0 Å². The van der Waals surface area contributed by atoms with Gasteiger partial charge in [-0.25, -0.2) is 4.79 Å². The number of pyridine rings is 1. The van der Waals surface area contributed by atoms with E-state index in [2.05, 4.69) is 25.0 Å². The lowest BCUT2D eigenvalue weighted by atomic mass is 10.1. The first kappa shape index (κ1) is 20.4. The van der Waals surface area contributed by atoms with Crippen molar-refractivity contribution in [3.8, 4) is 0 Å². The van der Waals surface area contributed by atoms with Crippen LogP contribution in [0.2, 0.25) is 0 Å². The molecular weight excluding hydrogens is 358 g/mol. The van der Waals surface area contributed by atoms with E-state index in [0.29, 0.717) is 25.3 Å². The number of aliphatic hydroxyl groups is 1. The van der Waals surface area contributed by atoms with Gasteiger partial charge in [-0.1, -0.05) is 6.07 Å². The van der Waals surface area contributed by atoms with Gasteiger partial charge in [0.25, 0.3) is 0 Å². The van der Waals surface area contributed by atoms with Gasteiger partial charge in [-0.05, 0) is 32.4 Å². The molecule has 1 aliphatic heterocycles. The second-order valence-corrected chi connectivity index (χ2v) is 7.13. The summed E-state index contributed by atoms with van der Waals surface area (Å²) in [5.41, 5.74) is 3.33. The third-order valence-electron chi connectivity index (χ3n) is 5.05. The number of hydrogen-bond donors (Lipinski definition) is 2. The van der Waals surface area contributed by atoms with Crippen LogP contribution in [0.15, 0.2) is 24.4 Å². The van der Waals surface area contributed by atoms with Crippen molar-refractivity contribution in [3.63, 3.8) is 0 Å². The fraction of sp³-hybridized carbons (Fsp3) is 0.550. The molecule has 1 saturated heterocycles. The molecule has 0 spiro atoms. The minimum atomic E-state index is -0.369. The third-order valence-corrected chi connectivity index (χ3v) is 5.05. The normalized spacial score (nSPS) is 18.3. The number of nitrogens with one attached hydrogen (secondary N) is 1. The maximum absolute atomic E-state index is 12.1. The molecule has 0 aliphatic carbocycles. The number of ether oxygens (including phenoxy) is 1. The smallest absolute Gasteiger partial charge is 0.356 e. The van der Waals surface area contributed by atoms with Gasteiger partial charge in [0.15, 0.2) is 0 Å². The van der Waals surface area contributed by atoms with E-state index in [-0.39, 0.29) is 18.6 Å². The molecule has 2 aromatic rings. The highest BCUT2D eigenvalue weighted by molar-refractivity contribution is 5.88. The summed E-state index contributed by atoms with van der Waals surface area (Å²) >= 11 is 0. The molecule has 1 atom stereocenters. The van der Waals surface area contributed by atoms with Gasteiger partial charge in [-0.3, -0.25) is 19.9 Å². The van der Waals surface area contributed by atoms with Crippen LogP contribution < -0.4 is 0 Å². The molecule has 28 heavy (non-hydrogen) atoms. The van der Waals surface area contributed by atoms with Gasteiger partial charge in [-0.2, -0.15) is 5.10 Å². The zero-order chi connectivity index (χ0) is 19.9. The van der Waals surface area contributed by atoms with Crippen molar-refractivity contribution in [2.75, 3.05) is 32.8 Å². The van der Waals surface area contributed by atoms with Crippen LogP contribution in [0.4, 0.5) is 0 Å². The minimum absolute atomic E-state index is 0.149. The standard InChI is InChI=1S/C20H29N5O3/c1-3-28-20(27)19-16(11-21-23-19)12-24-8-9-25(18(14-24)7-10-26)13-17-6-4-5-15(2)22-17/h4-6,11,18,26H,3,7-10,12-14H2,1-2H3,(H,21,23)/t18-/m1/s1. The first-order chi connectivity index (χ1) is 13.6. The summed E-state index contributed by atoms with van der Waals surface area (Å²) in [6.07, 6.45) is 2.40. The Balaban J connectivity index is 1.64. The largest absolute Gasteiger partial charge is 0.461 e. The summed E-state index contributed by atoms with van der Waals surface area (Å²) < 4.78 is 5.09. The number of aromatic nitrogens is 3. The number of aliphatic hydroxyl groups excluding tert-OH is 1. The summed E-state index contributed by atoms with van der Waals surface area (Å²) in [5, 5.41) is 16.3. The number of rotatable bonds is 8. The first-order valence-corrected chi connectivity index (χ1v) is 9.79. The fourth-order valence-electron chi connectivity index (χ4n) is 3.68. The highest BCUT2D eigenvalue weighted by Gasteiger charge is 2.28. The average Bonchev–Trinajstić information content (AvgIpc) is 3.12. The van der Waals surface area contributed by atoms with E-state index < -0.39 is 0 Å². The van der Waals surface area contributed by atoms with Crippen molar-refractivity contribution in [3.05, 3.63) is 47.0 Å². The molecule has 2 N–H and O–H groups in total. The van der Waals surface area contributed by atoms with E-state index in [1.807, 2.05) is 25.1 Å². The molecule has 1 fully saturated rings. The Hall–Kier alpha value is -2.29. The lowest BCUT2D eigenvalue weighted by Crippen LogP contribution is -2.52. The fourth-order valence-corrected chi connectivity index (χ4v) is 3.68. The number of carbonyl (C=O) groups is 1. The van der Waals surface area contributed by atoms with Gasteiger partial charge in [-0.15, -0.1) is 0 Å². The molecular formula is C20H29N5O3. The van der Waals surface area contributed by atoms with Crippen LogP contribution in [0.1, 0.15) is 40.8 Å². The summed E-state index contributed by atoms with van der Waals surface area (Å²) in [7, 11) is 0. The van der Waals surface area contributed by atoms with E-state index in [0.717, 1.165) is 43.1 Å². The van der Waals surface area contributed by atoms with Crippen LogP contribution >= 0.6 is 0 Å². The quantitative estimate of drug-likeness (QED) is 0.661. The Labute approximate surface area is 165 Å². The number of hydrogen-bond acceptors (Lipinski definition) is 7. The Bertz CT molecular complexity index is 779. The number of nitrogens with zero attached hydrogens (tertiary/aromatic N) is 4. The molecule has 0 saturated carbocycles. The van der Waals surface area contributed by atoms with Crippen LogP contribution in [0.3, 0.4) is 0 Å². The van der Waals surface area contributed by atoms with Gasteiger partial charge in [0.2, 0.25) is 0 Å². The number of aryl methyl sites for hydroxylation is 1. The van der Waals surface area contributed by atoms with E-state index in [1.165, 1.54) is 0 Å². The number of H-pyrrole nitrogens is 1. The zero-order valence-electron chi connectivity index (χ0n) is 16.6. The van der Waals surface area contributed by atoms with Crippen LogP contribution in [-0.4, -0.2) is 74.9 Å². The number of piperazine rings is 1. The zero-order valence-corrected chi connectivity index (χ0v) is 16.6. The Kier molecular flexibility index (Phi) is 7.13. The van der Waals surface area contributed by atoms with E-state index in [4.69, 9.17) is 4.74 Å². The van der Waals surface area contributed by atoms with Crippen LogP contribution in [0.5, 0.6) is 0 Å². The summed E-state index contributed by atoms with van der Waals surface area (Å²) in [6.45, 7) is 8.25. The van der Waals surface area contributed by atoms with Gasteiger partial charge in [0, 0.05) is 56.6 Å². The highest BCUT2D eigenvalue weighted by Crippen LogP contribution is 2.19. The predicted octanol–water partition coefficient (Wildman–Crippen LogP) is 1.36. The van der Waals surface area contributed by atoms with Crippen molar-refractivity contribution >= 4 is 5.97 Å². The lowest BCUT2D eigenvalue weighted by Gasteiger charge is -2.41. The maximum atomic E-state index is 12.1. The van der Waals surface area contributed by atoms with Gasteiger partial charge in [0.05, 0.1) is 18.5 Å². The Morgan fingerprint density at radius 2 is 2.21 bits per heavy atom. The van der Waals surface area contributed by atoms with E-state index in [1.54, 1.807) is 13.1 Å². The summed E-state index contributed by atoms with van der Waals surface area (Å²) in [6, 6.07) is 6.31. The Morgan fingerprint density at radius 3 is 2.96 bits per heavy atom. The molecule has 3 heterocycles. The van der Waals surface area contributed by atoms with Crippen molar-refractivity contribution in [1.82, 2.24) is 25.0 Å². The molecule has 8 heteroatoms. The molecule has 152 valence electrons. The number of esters is 1. The van der Waals surface area contributed by atoms with Crippen molar-refractivity contribution < 1.29 is 14.6 Å². The van der Waals surface area contributed by atoms with Gasteiger partial charge >= 0.3 is 5.97 Å². The summed E-state index contributed by atoms with van der Waals surface area (Å²) in [4.78, 5) is 21.4. The molecule has 0 radical (unpaired) electrons. The number of aromatic amines is 1. The summed E-state index contributed by atoms with van der Waals surface area (Å²) in [5.74, 6) is -0.369. The predicted molar refractivity (Wildman–Crippen MR) is 105 cm³/mol. The highest BCUT2D eigenvalue weighted by atomic mass is 16.5. The molecule has 1 aliphatic rings. The van der Waals surface area contributed by atoms with E-state index in [9.17, 15) is 9.90 Å². The molecule has 0 amide bonds. The van der Waals surface area contributed by atoms with Crippen LogP contribution in [0.25, 0.3) is 0 Å². The molecule has 0 bridgehead atoms. The monoisotopic (exact) mass is 387 g/mol. The van der Waals surface area contributed by atoms with Gasteiger partial charge in [0.1, 0.15) is 5.69 Å². The van der Waals surface area contributed by atoms with Gasteiger partial charge < -0.3 is 9.84 Å². The van der Waals surface area contributed by atoms with E-state index >= 15 is 0 Å². The Morgan fingerprint density at radius 1 is 1.36 bits per heavy atom. The van der Waals surface area contributed by atoms with Crippen LogP contribution in [0, 0.1) is 6.92 Å². The average molecular weight is 387 g/mol. The topological polar surface area (TPSA) is 94.6 Å². The molecule has 0 aromatic carbocycles. The molecule has 2 aromatic heterocycles. The molecule has 0 unspecified atom stereocenters. The second-order valence-electron chi connectivity index (χ2n) is 7.13. The van der Waals surface area contributed by atoms with Crippen molar-refractivity contribution in [1.29, 1.82) is 0 Å². The maximum Gasteiger partial charge on any atom is 0.356 e. The minimum Gasteiger partial charge on any atom is -0.461 e. The SMILES string of the molecule is CCOC(=O)c1[nH]ncc1CN1CCN(Cc2cccc(C)n2)[C@H](CCO)C1. The van der Waals surface area contributed by atoms with Crippen LogP contribution in [-0.2, 0) is 17.8 Å². The molecule has 8 nitrogen and oxygen atoms in total. The third kappa shape index (κ3) is 5.15. The number of carbonyl (C=O) groups excluding carboxylic acids is 1.